The number of rotatable bonds is 1. The Hall–Kier alpha value is -2.30. The lowest BCUT2D eigenvalue weighted by Crippen LogP contribution is -2.29. The fourth-order valence-electron chi connectivity index (χ4n) is 2.84. The monoisotopic (exact) mass is 305 g/mol. The van der Waals surface area contributed by atoms with Crippen molar-refractivity contribution in [3.63, 3.8) is 0 Å². The average Bonchev–Trinajstić information content (AvgIpc) is 2.91. The van der Waals surface area contributed by atoms with Gasteiger partial charge >= 0.3 is 6.18 Å². The van der Waals surface area contributed by atoms with Gasteiger partial charge in [-0.1, -0.05) is 24.3 Å². The maximum atomic E-state index is 12.8. The lowest BCUT2D eigenvalue weighted by atomic mass is 10.1. The van der Waals surface area contributed by atoms with Gasteiger partial charge in [0.25, 0.3) is 5.91 Å². The first-order valence-corrected chi connectivity index (χ1v) is 6.95. The van der Waals surface area contributed by atoms with Crippen LogP contribution in [0.5, 0.6) is 0 Å². The van der Waals surface area contributed by atoms with Crippen molar-refractivity contribution < 1.29 is 18.0 Å². The molecule has 0 aromatic heterocycles. The fourth-order valence-corrected chi connectivity index (χ4v) is 2.84. The van der Waals surface area contributed by atoms with Crippen LogP contribution in [0.25, 0.3) is 0 Å². The molecule has 2 nitrogen and oxygen atoms in total. The van der Waals surface area contributed by atoms with Gasteiger partial charge in [-0.3, -0.25) is 4.79 Å². The fraction of sp³-hybridized carbons (Fsp3) is 0.235. The Balaban J connectivity index is 1.98. The van der Waals surface area contributed by atoms with Crippen LogP contribution in [0.2, 0.25) is 0 Å². The Morgan fingerprint density at radius 3 is 2.59 bits per heavy atom. The van der Waals surface area contributed by atoms with E-state index in [1.165, 1.54) is 12.1 Å². The Morgan fingerprint density at radius 1 is 1.14 bits per heavy atom. The summed E-state index contributed by atoms with van der Waals surface area (Å²) in [5.41, 5.74) is 2.09. The van der Waals surface area contributed by atoms with Crippen molar-refractivity contribution in [3.8, 4) is 0 Å². The molecule has 1 aliphatic rings. The average molecular weight is 305 g/mol. The molecule has 0 bridgehead atoms. The van der Waals surface area contributed by atoms with Gasteiger partial charge in [-0.25, -0.2) is 0 Å². The second-order valence-electron chi connectivity index (χ2n) is 5.37. The topological polar surface area (TPSA) is 20.3 Å². The lowest BCUT2D eigenvalue weighted by molar-refractivity contribution is -0.137. The number of carbonyl (C=O) groups excluding carboxylic acids is 1. The number of alkyl halides is 3. The number of aryl methyl sites for hydroxylation is 1. The Bertz CT molecular complexity index is 737. The molecule has 0 atom stereocenters. The van der Waals surface area contributed by atoms with Crippen LogP contribution in [-0.4, -0.2) is 12.5 Å². The van der Waals surface area contributed by atoms with E-state index in [1.807, 2.05) is 25.1 Å². The van der Waals surface area contributed by atoms with Crippen LogP contribution in [0, 0.1) is 6.92 Å². The molecule has 5 heteroatoms. The van der Waals surface area contributed by atoms with Gasteiger partial charge in [-0.05, 0) is 42.7 Å². The Morgan fingerprint density at radius 2 is 1.86 bits per heavy atom. The molecule has 0 N–H and O–H groups in total. The summed E-state index contributed by atoms with van der Waals surface area (Å²) in [5, 5.41) is 0. The van der Waals surface area contributed by atoms with E-state index >= 15 is 0 Å². The minimum atomic E-state index is -4.45. The highest BCUT2D eigenvalue weighted by molar-refractivity contribution is 6.07. The molecular weight excluding hydrogens is 291 g/mol. The summed E-state index contributed by atoms with van der Waals surface area (Å²) in [6.07, 6.45) is -3.73. The summed E-state index contributed by atoms with van der Waals surface area (Å²) < 4.78 is 38.4. The van der Waals surface area contributed by atoms with Gasteiger partial charge in [0.15, 0.2) is 0 Å². The quantitative estimate of drug-likeness (QED) is 0.772. The zero-order valence-corrected chi connectivity index (χ0v) is 11.9. The maximum absolute atomic E-state index is 12.8. The first-order valence-electron chi connectivity index (χ1n) is 6.95. The van der Waals surface area contributed by atoms with E-state index < -0.39 is 11.7 Å². The SMILES string of the molecule is Cc1cccc2c1N(C(=O)c1cccc(C(F)(F)F)c1)CC2. The van der Waals surface area contributed by atoms with Crippen LogP contribution >= 0.6 is 0 Å². The van der Waals surface area contributed by atoms with Crippen molar-refractivity contribution >= 4 is 11.6 Å². The van der Waals surface area contributed by atoms with Crippen LogP contribution in [0.1, 0.15) is 27.0 Å². The number of benzene rings is 2. The smallest absolute Gasteiger partial charge is 0.307 e. The predicted octanol–water partition coefficient (Wildman–Crippen LogP) is 4.22. The van der Waals surface area contributed by atoms with E-state index in [0.29, 0.717) is 6.54 Å². The minimum absolute atomic E-state index is 0.0610. The van der Waals surface area contributed by atoms with Crippen molar-refractivity contribution in [2.45, 2.75) is 19.5 Å². The standard InChI is InChI=1S/C17H14F3NO/c1-11-4-2-5-12-8-9-21(15(11)12)16(22)13-6-3-7-14(10-13)17(18,19)20/h2-7,10H,8-9H2,1H3. The summed E-state index contributed by atoms with van der Waals surface area (Å²) in [7, 11) is 0. The van der Waals surface area contributed by atoms with E-state index in [1.54, 1.807) is 4.90 Å². The van der Waals surface area contributed by atoms with Gasteiger partial charge in [0.1, 0.15) is 0 Å². The van der Waals surface area contributed by atoms with Crippen LogP contribution in [0.4, 0.5) is 18.9 Å². The first-order chi connectivity index (χ1) is 10.4. The number of para-hydroxylation sites is 1. The molecule has 0 spiro atoms. The van der Waals surface area contributed by atoms with Crippen LogP contribution in [-0.2, 0) is 12.6 Å². The van der Waals surface area contributed by atoms with Crippen molar-refractivity contribution in [2.24, 2.45) is 0 Å². The van der Waals surface area contributed by atoms with Crippen molar-refractivity contribution in [1.29, 1.82) is 0 Å². The highest BCUT2D eigenvalue weighted by Gasteiger charge is 2.32. The van der Waals surface area contributed by atoms with E-state index in [-0.39, 0.29) is 11.5 Å². The number of amides is 1. The van der Waals surface area contributed by atoms with Crippen molar-refractivity contribution in [1.82, 2.24) is 0 Å². The lowest BCUT2D eigenvalue weighted by Gasteiger charge is -2.20. The van der Waals surface area contributed by atoms with E-state index in [9.17, 15) is 18.0 Å². The molecule has 3 rings (SSSR count). The molecule has 2 aromatic carbocycles. The highest BCUT2D eigenvalue weighted by atomic mass is 19.4. The summed E-state index contributed by atoms with van der Waals surface area (Å²) >= 11 is 0. The van der Waals surface area contributed by atoms with E-state index in [2.05, 4.69) is 0 Å². The van der Waals surface area contributed by atoms with E-state index in [4.69, 9.17) is 0 Å². The van der Waals surface area contributed by atoms with Gasteiger partial charge in [-0.15, -0.1) is 0 Å². The molecule has 0 saturated carbocycles. The second kappa shape index (κ2) is 5.16. The molecule has 0 fully saturated rings. The molecule has 114 valence electrons. The highest BCUT2D eigenvalue weighted by Crippen LogP contribution is 2.34. The number of nitrogens with zero attached hydrogens (tertiary/aromatic N) is 1. The Kier molecular flexibility index (Phi) is 3.43. The molecule has 22 heavy (non-hydrogen) atoms. The largest absolute Gasteiger partial charge is 0.416 e. The molecular formula is C17H14F3NO. The van der Waals surface area contributed by atoms with E-state index in [0.717, 1.165) is 35.4 Å². The molecule has 0 unspecified atom stereocenters. The van der Waals surface area contributed by atoms with Gasteiger partial charge < -0.3 is 4.90 Å². The van der Waals surface area contributed by atoms with Crippen LogP contribution in [0.15, 0.2) is 42.5 Å². The van der Waals surface area contributed by atoms with Crippen molar-refractivity contribution in [3.05, 3.63) is 64.7 Å². The molecule has 0 saturated heterocycles. The number of hydrogen-bond donors (Lipinski definition) is 0. The van der Waals surface area contributed by atoms with Crippen LogP contribution in [0.3, 0.4) is 0 Å². The maximum Gasteiger partial charge on any atom is 0.416 e. The molecule has 1 aliphatic heterocycles. The zero-order chi connectivity index (χ0) is 15.9. The number of anilines is 1. The number of halogens is 3. The minimum Gasteiger partial charge on any atom is -0.307 e. The van der Waals surface area contributed by atoms with Gasteiger partial charge in [0, 0.05) is 12.1 Å². The Labute approximate surface area is 126 Å². The van der Waals surface area contributed by atoms with Crippen molar-refractivity contribution in [2.75, 3.05) is 11.4 Å². The molecule has 1 amide bonds. The molecule has 0 aliphatic carbocycles. The molecule has 0 radical (unpaired) electrons. The van der Waals surface area contributed by atoms with Gasteiger partial charge in [-0.2, -0.15) is 13.2 Å². The second-order valence-corrected chi connectivity index (χ2v) is 5.37. The summed E-state index contributed by atoms with van der Waals surface area (Å²) in [6.45, 7) is 2.39. The number of hydrogen-bond acceptors (Lipinski definition) is 1. The summed E-state index contributed by atoms with van der Waals surface area (Å²) in [6, 6.07) is 10.3. The summed E-state index contributed by atoms with van der Waals surface area (Å²) in [4.78, 5) is 14.2. The number of fused-ring (bicyclic) bond motifs is 1. The third kappa shape index (κ3) is 2.47. The third-order valence-corrected chi connectivity index (χ3v) is 3.88. The third-order valence-electron chi connectivity index (χ3n) is 3.88. The normalized spacial score (nSPS) is 14.1. The summed E-state index contributed by atoms with van der Waals surface area (Å²) in [5.74, 6) is -0.390. The first kappa shape index (κ1) is 14.6. The van der Waals surface area contributed by atoms with Gasteiger partial charge in [0.2, 0.25) is 0 Å². The molecule has 1 heterocycles. The molecule has 2 aromatic rings. The predicted molar refractivity (Wildman–Crippen MR) is 78.0 cm³/mol. The van der Waals surface area contributed by atoms with Crippen LogP contribution < -0.4 is 4.90 Å². The van der Waals surface area contributed by atoms with Gasteiger partial charge in [0.05, 0.1) is 11.3 Å². The number of carbonyl (C=O) groups is 1. The zero-order valence-electron chi connectivity index (χ0n) is 11.9.